The van der Waals surface area contributed by atoms with E-state index in [0.717, 1.165) is 18.1 Å². The molecule has 0 atom stereocenters. The molecule has 0 bridgehead atoms. The molecule has 2 heteroatoms. The molecule has 1 aromatic rings. The molecule has 0 saturated heterocycles. The molecule has 0 aromatic heterocycles. The zero-order chi connectivity index (χ0) is 13.3. The third-order valence-corrected chi connectivity index (χ3v) is 3.34. The monoisotopic (exact) mass is 248 g/mol. The Balaban J connectivity index is 2.22. The van der Waals surface area contributed by atoms with Crippen LogP contribution < -0.4 is 0 Å². The van der Waals surface area contributed by atoms with E-state index < -0.39 is 5.92 Å². The van der Waals surface area contributed by atoms with Crippen LogP contribution in [0.2, 0.25) is 0 Å². The number of halogens is 2. The minimum Gasteiger partial charge on any atom is -0.202 e. The van der Waals surface area contributed by atoms with Crippen molar-refractivity contribution in [3.63, 3.8) is 0 Å². The molecule has 0 aliphatic heterocycles. The van der Waals surface area contributed by atoms with Gasteiger partial charge >= 0.3 is 0 Å². The van der Waals surface area contributed by atoms with Gasteiger partial charge in [0.05, 0.1) is 0 Å². The average Bonchev–Trinajstić information content (AvgIpc) is 3.11. The Hall–Kier alpha value is -1.44. The molecule has 1 saturated carbocycles. The van der Waals surface area contributed by atoms with Gasteiger partial charge in [-0.2, -0.15) is 0 Å². The van der Waals surface area contributed by atoms with Gasteiger partial charge < -0.3 is 0 Å². The number of hydrogen-bond donors (Lipinski definition) is 0. The molecule has 0 N–H and O–H groups in total. The maximum atomic E-state index is 13.1. The lowest BCUT2D eigenvalue weighted by molar-refractivity contribution is 0.0175. The summed E-state index contributed by atoms with van der Waals surface area (Å²) >= 11 is 0. The van der Waals surface area contributed by atoms with Crippen molar-refractivity contribution in [1.29, 1.82) is 0 Å². The molecule has 0 amide bonds. The van der Waals surface area contributed by atoms with Crippen molar-refractivity contribution >= 4 is 5.57 Å². The minimum absolute atomic E-state index is 0.0660. The lowest BCUT2D eigenvalue weighted by Crippen LogP contribution is -2.06. The summed E-state index contributed by atoms with van der Waals surface area (Å²) in [4.78, 5) is 0. The van der Waals surface area contributed by atoms with Gasteiger partial charge in [-0.1, -0.05) is 41.5 Å². The van der Waals surface area contributed by atoms with Crippen LogP contribution in [-0.2, 0) is 5.92 Å². The Kier molecular flexibility index (Phi) is 3.38. The smallest absolute Gasteiger partial charge is 0.202 e. The van der Waals surface area contributed by atoms with Gasteiger partial charge in [-0.25, -0.2) is 8.78 Å². The third-order valence-electron chi connectivity index (χ3n) is 3.34. The summed E-state index contributed by atoms with van der Waals surface area (Å²) in [5, 5.41) is 0. The Labute approximate surface area is 107 Å². The molecule has 2 rings (SSSR count). The maximum Gasteiger partial charge on any atom is 0.270 e. The van der Waals surface area contributed by atoms with Crippen LogP contribution in [0.4, 0.5) is 8.78 Å². The van der Waals surface area contributed by atoms with E-state index in [1.54, 1.807) is 12.1 Å². The number of benzene rings is 1. The Morgan fingerprint density at radius 2 is 1.67 bits per heavy atom. The predicted molar refractivity (Wildman–Crippen MR) is 71.6 cm³/mol. The Morgan fingerprint density at radius 3 is 2.11 bits per heavy atom. The van der Waals surface area contributed by atoms with Crippen LogP contribution in [0.25, 0.3) is 5.57 Å². The van der Waals surface area contributed by atoms with Crippen molar-refractivity contribution in [3.05, 3.63) is 52.6 Å². The topological polar surface area (TPSA) is 0 Å². The Morgan fingerprint density at radius 1 is 1.11 bits per heavy atom. The highest BCUT2D eigenvalue weighted by Gasteiger charge is 2.23. The van der Waals surface area contributed by atoms with Crippen LogP contribution in [-0.4, -0.2) is 0 Å². The number of alkyl halides is 2. The van der Waals surface area contributed by atoms with E-state index >= 15 is 0 Å². The lowest BCUT2D eigenvalue weighted by Gasteiger charge is -2.11. The molecule has 1 fully saturated rings. The molecule has 1 aliphatic carbocycles. The quantitative estimate of drug-likeness (QED) is 0.679. The van der Waals surface area contributed by atoms with Gasteiger partial charge in [0, 0.05) is 12.5 Å². The first-order valence-corrected chi connectivity index (χ1v) is 6.23. The normalized spacial score (nSPS) is 15.8. The number of rotatable bonds is 3. The van der Waals surface area contributed by atoms with Gasteiger partial charge in [0.1, 0.15) is 0 Å². The van der Waals surface area contributed by atoms with Crippen LogP contribution in [0.3, 0.4) is 0 Å². The summed E-state index contributed by atoms with van der Waals surface area (Å²) in [5.41, 5.74) is 5.02. The molecule has 0 unspecified atom stereocenters. The van der Waals surface area contributed by atoms with E-state index in [-0.39, 0.29) is 5.56 Å². The highest BCUT2D eigenvalue weighted by atomic mass is 19.3. The van der Waals surface area contributed by atoms with Gasteiger partial charge in [0.25, 0.3) is 5.92 Å². The van der Waals surface area contributed by atoms with Crippen molar-refractivity contribution in [1.82, 2.24) is 0 Å². The van der Waals surface area contributed by atoms with Gasteiger partial charge in [-0.05, 0) is 37.8 Å². The second-order valence-corrected chi connectivity index (χ2v) is 5.08. The highest BCUT2D eigenvalue weighted by Crippen LogP contribution is 2.33. The van der Waals surface area contributed by atoms with Crippen molar-refractivity contribution in [2.75, 3.05) is 0 Å². The average molecular weight is 248 g/mol. The van der Waals surface area contributed by atoms with Crippen molar-refractivity contribution in [2.45, 2.75) is 39.5 Å². The fourth-order valence-corrected chi connectivity index (χ4v) is 1.99. The van der Waals surface area contributed by atoms with E-state index in [2.05, 4.69) is 13.0 Å². The number of allylic oxidation sites excluding steroid dienone is 4. The summed E-state index contributed by atoms with van der Waals surface area (Å²) in [6.07, 6.45) is 4.55. The molecule has 0 heterocycles. The zero-order valence-corrected chi connectivity index (χ0v) is 11.1. The van der Waals surface area contributed by atoms with Crippen LogP contribution in [0.5, 0.6) is 0 Å². The van der Waals surface area contributed by atoms with Crippen molar-refractivity contribution in [3.8, 4) is 0 Å². The summed E-state index contributed by atoms with van der Waals surface area (Å²) in [5.74, 6) is -2.76. The van der Waals surface area contributed by atoms with E-state index in [9.17, 15) is 8.78 Å². The second-order valence-electron chi connectivity index (χ2n) is 5.08. The summed E-state index contributed by atoms with van der Waals surface area (Å²) in [6, 6.07) is 6.55. The van der Waals surface area contributed by atoms with Gasteiger partial charge in [0.15, 0.2) is 0 Å². The molecular weight excluding hydrogens is 230 g/mol. The van der Waals surface area contributed by atoms with Gasteiger partial charge in [0.2, 0.25) is 0 Å². The van der Waals surface area contributed by atoms with E-state index in [4.69, 9.17) is 0 Å². The maximum absolute atomic E-state index is 13.1. The van der Waals surface area contributed by atoms with E-state index in [0.29, 0.717) is 0 Å². The zero-order valence-electron chi connectivity index (χ0n) is 11.1. The fraction of sp³-hybridized carbons (Fsp3) is 0.375. The SMILES string of the molecule is CC(=CC(C)=C1CC1)c1ccc(C(C)(F)F)cc1. The minimum atomic E-state index is -2.76. The second kappa shape index (κ2) is 4.68. The van der Waals surface area contributed by atoms with Crippen LogP contribution in [0.15, 0.2) is 41.5 Å². The van der Waals surface area contributed by atoms with Crippen molar-refractivity contribution in [2.24, 2.45) is 0 Å². The molecule has 1 aliphatic rings. The standard InChI is InChI=1S/C16H18F2/c1-11(13-4-5-13)10-12(2)14-6-8-15(9-7-14)16(3,17)18/h6-10H,4-5H2,1-3H3. The molecule has 0 spiro atoms. The molecule has 96 valence electrons. The lowest BCUT2D eigenvalue weighted by atomic mass is 10.0. The molecule has 18 heavy (non-hydrogen) atoms. The highest BCUT2D eigenvalue weighted by molar-refractivity contribution is 5.67. The van der Waals surface area contributed by atoms with E-state index in [1.807, 2.05) is 6.92 Å². The van der Waals surface area contributed by atoms with E-state index in [1.165, 1.54) is 36.1 Å². The molecular formula is C16H18F2. The first-order valence-electron chi connectivity index (χ1n) is 6.23. The first kappa shape index (κ1) is 13.0. The largest absolute Gasteiger partial charge is 0.270 e. The van der Waals surface area contributed by atoms with Crippen LogP contribution in [0, 0.1) is 0 Å². The van der Waals surface area contributed by atoms with Gasteiger partial charge in [-0.15, -0.1) is 0 Å². The summed E-state index contributed by atoms with van der Waals surface area (Å²) < 4.78 is 26.2. The van der Waals surface area contributed by atoms with Crippen molar-refractivity contribution < 1.29 is 8.78 Å². The fourth-order valence-electron chi connectivity index (χ4n) is 1.99. The molecule has 0 nitrogen and oxygen atoms in total. The van der Waals surface area contributed by atoms with Crippen LogP contribution in [0.1, 0.15) is 44.7 Å². The number of hydrogen-bond acceptors (Lipinski definition) is 0. The molecule has 0 radical (unpaired) electrons. The Bertz CT molecular complexity index is 493. The first-order chi connectivity index (χ1) is 8.38. The molecule has 1 aromatic carbocycles. The summed E-state index contributed by atoms with van der Waals surface area (Å²) in [6.45, 7) is 5.05. The van der Waals surface area contributed by atoms with Crippen LogP contribution >= 0.6 is 0 Å². The predicted octanol–water partition coefficient (Wildman–Crippen LogP) is 5.31. The van der Waals surface area contributed by atoms with Gasteiger partial charge in [-0.3, -0.25) is 0 Å². The third kappa shape index (κ3) is 3.06. The summed E-state index contributed by atoms with van der Waals surface area (Å²) in [7, 11) is 0.